The Labute approximate surface area is 114 Å². The molecule has 20 heavy (non-hydrogen) atoms. The summed E-state index contributed by atoms with van der Waals surface area (Å²) in [5.41, 5.74) is 0. The van der Waals surface area contributed by atoms with Crippen molar-refractivity contribution in [2.75, 3.05) is 26.2 Å². The molecule has 2 unspecified atom stereocenters. The van der Waals surface area contributed by atoms with Crippen molar-refractivity contribution in [2.45, 2.75) is 37.5 Å². The van der Waals surface area contributed by atoms with E-state index in [0.29, 0.717) is 19.4 Å². The Hall–Kier alpha value is -1.31. The minimum atomic E-state index is -4.24. The second-order valence-corrected chi connectivity index (χ2v) is 5.64. The molecule has 8 heteroatoms. The summed E-state index contributed by atoms with van der Waals surface area (Å²) in [5, 5.41) is 0. The van der Waals surface area contributed by atoms with Crippen molar-refractivity contribution >= 4 is 11.9 Å². The minimum absolute atomic E-state index is 0.123. The van der Waals surface area contributed by atoms with E-state index in [1.54, 1.807) is 4.90 Å². The van der Waals surface area contributed by atoms with Gasteiger partial charge in [-0.1, -0.05) is 0 Å². The van der Waals surface area contributed by atoms with Gasteiger partial charge in [0, 0.05) is 19.6 Å². The van der Waals surface area contributed by atoms with Gasteiger partial charge in [-0.3, -0.25) is 14.6 Å². The van der Waals surface area contributed by atoms with Gasteiger partial charge in [-0.15, -0.1) is 0 Å². The van der Waals surface area contributed by atoms with Crippen LogP contribution in [0.2, 0.25) is 0 Å². The van der Waals surface area contributed by atoms with E-state index in [4.69, 9.17) is 0 Å². The third-order valence-electron chi connectivity index (χ3n) is 4.24. The first-order chi connectivity index (χ1) is 9.37. The molecule has 3 amide bonds. The monoisotopic (exact) mass is 291 g/mol. The number of rotatable bonds is 2. The summed E-state index contributed by atoms with van der Waals surface area (Å²) in [7, 11) is 0. The standard InChI is InChI=1S/C12H16F3N3O2/c13-12(14,15)7-16-5-3-8(6-16)18-10(19)9-2-1-4-17(9)11(18)20/h8-9H,1-7H2. The minimum Gasteiger partial charge on any atom is -0.312 e. The van der Waals surface area contributed by atoms with Crippen molar-refractivity contribution in [2.24, 2.45) is 0 Å². The van der Waals surface area contributed by atoms with E-state index in [0.717, 1.165) is 6.42 Å². The van der Waals surface area contributed by atoms with E-state index in [9.17, 15) is 22.8 Å². The van der Waals surface area contributed by atoms with Gasteiger partial charge in [0.2, 0.25) is 0 Å². The summed E-state index contributed by atoms with van der Waals surface area (Å²) in [6.45, 7) is -0.0129. The molecule has 0 bridgehead atoms. The van der Waals surface area contributed by atoms with E-state index in [-0.39, 0.29) is 31.1 Å². The lowest BCUT2D eigenvalue weighted by Crippen LogP contribution is -2.44. The van der Waals surface area contributed by atoms with E-state index >= 15 is 0 Å². The number of amides is 3. The highest BCUT2D eigenvalue weighted by molar-refractivity contribution is 6.05. The number of hydrogen-bond acceptors (Lipinski definition) is 3. The third kappa shape index (κ3) is 2.25. The Kier molecular flexibility index (Phi) is 3.15. The van der Waals surface area contributed by atoms with Gasteiger partial charge in [0.15, 0.2) is 0 Å². The molecule has 3 aliphatic heterocycles. The zero-order chi connectivity index (χ0) is 14.5. The molecule has 3 heterocycles. The first-order valence-corrected chi connectivity index (χ1v) is 6.79. The van der Waals surface area contributed by atoms with Gasteiger partial charge in [-0.2, -0.15) is 13.2 Å². The summed E-state index contributed by atoms with van der Waals surface area (Å²) in [4.78, 5) is 28.4. The van der Waals surface area contributed by atoms with Crippen molar-refractivity contribution in [3.63, 3.8) is 0 Å². The molecule has 0 saturated carbocycles. The number of fused-ring (bicyclic) bond motifs is 1. The average Bonchev–Trinajstić information content (AvgIpc) is 2.98. The number of halogens is 3. The summed E-state index contributed by atoms with van der Waals surface area (Å²) in [5.74, 6) is -0.230. The molecule has 3 aliphatic rings. The van der Waals surface area contributed by atoms with Crippen LogP contribution in [0.1, 0.15) is 19.3 Å². The molecule has 3 rings (SSSR count). The van der Waals surface area contributed by atoms with E-state index in [1.807, 2.05) is 0 Å². The topological polar surface area (TPSA) is 43.9 Å². The second-order valence-electron chi connectivity index (χ2n) is 5.64. The molecule has 3 fully saturated rings. The molecule has 5 nitrogen and oxygen atoms in total. The number of hydrogen-bond donors (Lipinski definition) is 0. The number of urea groups is 1. The summed E-state index contributed by atoms with van der Waals surface area (Å²) < 4.78 is 37.1. The molecule has 0 aliphatic carbocycles. The van der Waals surface area contributed by atoms with Crippen LogP contribution in [-0.2, 0) is 4.79 Å². The van der Waals surface area contributed by atoms with E-state index < -0.39 is 18.8 Å². The fraction of sp³-hybridized carbons (Fsp3) is 0.833. The van der Waals surface area contributed by atoms with E-state index in [2.05, 4.69) is 0 Å². The fourth-order valence-corrected chi connectivity index (χ4v) is 3.40. The number of nitrogens with zero attached hydrogens (tertiary/aromatic N) is 3. The predicted molar refractivity (Wildman–Crippen MR) is 62.9 cm³/mol. The zero-order valence-corrected chi connectivity index (χ0v) is 10.9. The average molecular weight is 291 g/mol. The van der Waals surface area contributed by atoms with Crippen LogP contribution in [0.3, 0.4) is 0 Å². The lowest BCUT2D eigenvalue weighted by Gasteiger charge is -2.23. The van der Waals surface area contributed by atoms with Crippen LogP contribution in [0.4, 0.5) is 18.0 Å². The van der Waals surface area contributed by atoms with Crippen LogP contribution in [0.5, 0.6) is 0 Å². The Morgan fingerprint density at radius 1 is 1.15 bits per heavy atom. The molecule has 0 aromatic heterocycles. The maximum Gasteiger partial charge on any atom is 0.401 e. The summed E-state index contributed by atoms with van der Waals surface area (Å²) in [6, 6.07) is -1.11. The molecular weight excluding hydrogens is 275 g/mol. The molecule has 3 saturated heterocycles. The van der Waals surface area contributed by atoms with Gasteiger partial charge in [0.1, 0.15) is 6.04 Å². The number of imide groups is 1. The Bertz CT molecular complexity index is 418. The molecule has 112 valence electrons. The quantitative estimate of drug-likeness (QED) is 0.714. The molecular formula is C12H16F3N3O2. The van der Waals surface area contributed by atoms with Gasteiger partial charge < -0.3 is 4.90 Å². The van der Waals surface area contributed by atoms with Gasteiger partial charge in [-0.25, -0.2) is 4.79 Å². The van der Waals surface area contributed by atoms with Crippen LogP contribution in [-0.4, -0.2) is 71.1 Å². The number of likely N-dealkylation sites (tertiary alicyclic amines) is 1. The van der Waals surface area contributed by atoms with Crippen LogP contribution in [0.15, 0.2) is 0 Å². The highest BCUT2D eigenvalue weighted by Gasteiger charge is 2.51. The number of carbonyl (C=O) groups is 2. The second kappa shape index (κ2) is 4.61. The van der Waals surface area contributed by atoms with Gasteiger partial charge in [0.25, 0.3) is 5.91 Å². The highest BCUT2D eigenvalue weighted by atomic mass is 19.4. The molecule has 0 aromatic rings. The van der Waals surface area contributed by atoms with Crippen molar-refractivity contribution in [3.8, 4) is 0 Å². The summed E-state index contributed by atoms with van der Waals surface area (Å²) in [6.07, 6.45) is -2.33. The van der Waals surface area contributed by atoms with Crippen LogP contribution < -0.4 is 0 Å². The van der Waals surface area contributed by atoms with Gasteiger partial charge in [-0.05, 0) is 19.3 Å². The van der Waals surface area contributed by atoms with Gasteiger partial charge >= 0.3 is 12.2 Å². The largest absolute Gasteiger partial charge is 0.401 e. The molecule has 0 radical (unpaired) electrons. The number of carbonyl (C=O) groups excluding carboxylic acids is 2. The van der Waals surface area contributed by atoms with Gasteiger partial charge in [0.05, 0.1) is 12.6 Å². The maximum absolute atomic E-state index is 12.4. The zero-order valence-electron chi connectivity index (χ0n) is 10.9. The smallest absolute Gasteiger partial charge is 0.312 e. The highest BCUT2D eigenvalue weighted by Crippen LogP contribution is 2.31. The van der Waals surface area contributed by atoms with Crippen LogP contribution in [0.25, 0.3) is 0 Å². The van der Waals surface area contributed by atoms with Crippen LogP contribution >= 0.6 is 0 Å². The lowest BCUT2D eigenvalue weighted by atomic mass is 10.2. The van der Waals surface area contributed by atoms with Crippen molar-refractivity contribution in [3.05, 3.63) is 0 Å². The Morgan fingerprint density at radius 3 is 2.55 bits per heavy atom. The normalized spacial score (nSPS) is 31.6. The molecule has 0 N–H and O–H groups in total. The van der Waals surface area contributed by atoms with Crippen molar-refractivity contribution in [1.29, 1.82) is 0 Å². The Morgan fingerprint density at radius 2 is 1.90 bits per heavy atom. The molecule has 2 atom stereocenters. The summed E-state index contributed by atoms with van der Waals surface area (Å²) >= 11 is 0. The maximum atomic E-state index is 12.4. The predicted octanol–water partition coefficient (Wildman–Crippen LogP) is 1.05. The van der Waals surface area contributed by atoms with Crippen molar-refractivity contribution in [1.82, 2.24) is 14.7 Å². The SMILES string of the molecule is O=C1C2CCCN2C(=O)N1C1CCN(CC(F)(F)F)C1. The molecule has 0 spiro atoms. The third-order valence-corrected chi connectivity index (χ3v) is 4.24. The molecule has 0 aromatic carbocycles. The first kappa shape index (κ1) is 13.7. The number of alkyl halides is 3. The van der Waals surface area contributed by atoms with E-state index in [1.165, 1.54) is 9.80 Å². The Balaban J connectivity index is 1.66. The first-order valence-electron chi connectivity index (χ1n) is 6.79. The van der Waals surface area contributed by atoms with Crippen LogP contribution in [0, 0.1) is 0 Å². The lowest BCUT2D eigenvalue weighted by molar-refractivity contribution is -0.143. The fourth-order valence-electron chi connectivity index (χ4n) is 3.40. The van der Waals surface area contributed by atoms with Crippen molar-refractivity contribution < 1.29 is 22.8 Å².